The first-order chi connectivity index (χ1) is 13.0. The van der Waals surface area contributed by atoms with E-state index in [4.69, 9.17) is 9.47 Å². The van der Waals surface area contributed by atoms with Gasteiger partial charge in [0.15, 0.2) is 11.5 Å². The number of hydrogen-bond acceptors (Lipinski definition) is 5. The molecule has 2 amide bonds. The van der Waals surface area contributed by atoms with Gasteiger partial charge in [-0.3, -0.25) is 19.3 Å². The second-order valence-corrected chi connectivity index (χ2v) is 6.29. The Balaban J connectivity index is 2.06. The lowest BCUT2D eigenvalue weighted by atomic mass is 9.99. The summed E-state index contributed by atoms with van der Waals surface area (Å²) >= 11 is 0. The average molecular weight is 367 g/mol. The van der Waals surface area contributed by atoms with Crippen molar-refractivity contribution >= 4 is 17.6 Å². The molecule has 1 unspecified atom stereocenters. The standard InChI is InChI=1S/C21H21NO5/c1-4-27-19-12-14(9-10-18(19)26-3)17(11-13(2)23)22-20(24)15-7-5-6-8-16(15)21(22)25/h5-10,12,17H,4,11H2,1-3H3. The number of imide groups is 1. The van der Waals surface area contributed by atoms with Gasteiger partial charge in [0.2, 0.25) is 0 Å². The first-order valence-corrected chi connectivity index (χ1v) is 8.75. The lowest BCUT2D eigenvalue weighted by molar-refractivity contribution is -0.117. The molecular formula is C21H21NO5. The maximum Gasteiger partial charge on any atom is 0.262 e. The Morgan fingerprint density at radius 1 is 1.04 bits per heavy atom. The molecule has 6 heteroatoms. The molecule has 1 heterocycles. The fourth-order valence-corrected chi connectivity index (χ4v) is 3.29. The third-order valence-electron chi connectivity index (χ3n) is 4.49. The van der Waals surface area contributed by atoms with Gasteiger partial charge in [0, 0.05) is 6.42 Å². The highest BCUT2D eigenvalue weighted by Crippen LogP contribution is 2.37. The van der Waals surface area contributed by atoms with Gasteiger partial charge in [0.05, 0.1) is 30.9 Å². The van der Waals surface area contributed by atoms with Crippen LogP contribution in [0.2, 0.25) is 0 Å². The van der Waals surface area contributed by atoms with Crippen LogP contribution in [0, 0.1) is 0 Å². The molecular weight excluding hydrogens is 346 g/mol. The number of hydrogen-bond donors (Lipinski definition) is 0. The Labute approximate surface area is 157 Å². The van der Waals surface area contributed by atoms with Gasteiger partial charge in [-0.05, 0) is 43.7 Å². The summed E-state index contributed by atoms with van der Waals surface area (Å²) in [6.45, 7) is 3.73. The molecule has 0 bridgehead atoms. The minimum atomic E-state index is -0.708. The van der Waals surface area contributed by atoms with Crippen LogP contribution in [-0.4, -0.2) is 36.2 Å². The third-order valence-corrected chi connectivity index (χ3v) is 4.49. The summed E-state index contributed by atoms with van der Waals surface area (Å²) in [6.07, 6.45) is 0.0311. The lowest BCUT2D eigenvalue weighted by Crippen LogP contribution is -2.35. The number of methoxy groups -OCH3 is 1. The molecule has 0 spiro atoms. The minimum absolute atomic E-state index is 0.0311. The zero-order chi connectivity index (χ0) is 19.6. The molecule has 3 rings (SSSR count). The molecule has 0 N–H and O–H groups in total. The maximum atomic E-state index is 12.9. The molecule has 2 aromatic carbocycles. The molecule has 2 aromatic rings. The SMILES string of the molecule is CCOc1cc(C(CC(C)=O)N2C(=O)c3ccccc3C2=O)ccc1OC. The van der Waals surface area contributed by atoms with Crippen LogP contribution in [0.15, 0.2) is 42.5 Å². The van der Waals surface area contributed by atoms with Gasteiger partial charge in [-0.1, -0.05) is 18.2 Å². The number of Topliss-reactive ketones (excluding diaryl/α,β-unsaturated/α-hetero) is 1. The number of ether oxygens (including phenoxy) is 2. The normalized spacial score (nSPS) is 14.1. The summed E-state index contributed by atoms with van der Waals surface area (Å²) in [7, 11) is 1.54. The fraction of sp³-hybridized carbons (Fsp3) is 0.286. The highest BCUT2D eigenvalue weighted by atomic mass is 16.5. The van der Waals surface area contributed by atoms with E-state index in [0.29, 0.717) is 34.8 Å². The van der Waals surface area contributed by atoms with Gasteiger partial charge in [-0.25, -0.2) is 0 Å². The smallest absolute Gasteiger partial charge is 0.262 e. The van der Waals surface area contributed by atoms with Crippen molar-refractivity contribution in [2.45, 2.75) is 26.3 Å². The Kier molecular flexibility index (Phi) is 5.26. The largest absolute Gasteiger partial charge is 0.493 e. The third kappa shape index (κ3) is 3.43. The predicted octanol–water partition coefficient (Wildman–Crippen LogP) is 3.41. The van der Waals surface area contributed by atoms with Crippen LogP contribution in [0.5, 0.6) is 11.5 Å². The van der Waals surface area contributed by atoms with E-state index >= 15 is 0 Å². The van der Waals surface area contributed by atoms with E-state index in [1.807, 2.05) is 6.92 Å². The van der Waals surface area contributed by atoms with Crippen molar-refractivity contribution in [3.8, 4) is 11.5 Å². The van der Waals surface area contributed by atoms with Crippen LogP contribution in [0.25, 0.3) is 0 Å². The van der Waals surface area contributed by atoms with Gasteiger partial charge in [0.25, 0.3) is 11.8 Å². The molecule has 6 nitrogen and oxygen atoms in total. The zero-order valence-corrected chi connectivity index (χ0v) is 15.5. The Bertz CT molecular complexity index is 870. The van der Waals surface area contributed by atoms with Crippen molar-refractivity contribution in [3.05, 3.63) is 59.2 Å². The molecule has 0 fully saturated rings. The first kappa shape index (κ1) is 18.6. The summed E-state index contributed by atoms with van der Waals surface area (Å²) in [5.41, 5.74) is 1.35. The summed E-state index contributed by atoms with van der Waals surface area (Å²) < 4.78 is 10.9. The second kappa shape index (κ2) is 7.61. The molecule has 0 saturated heterocycles. The number of carbonyl (C=O) groups excluding carboxylic acids is 3. The molecule has 1 aliphatic heterocycles. The highest BCUT2D eigenvalue weighted by molar-refractivity contribution is 6.21. The van der Waals surface area contributed by atoms with E-state index in [1.54, 1.807) is 42.5 Å². The quantitative estimate of drug-likeness (QED) is 0.701. The topological polar surface area (TPSA) is 72.9 Å². The molecule has 1 atom stereocenters. The monoisotopic (exact) mass is 367 g/mol. The molecule has 140 valence electrons. The van der Waals surface area contributed by atoms with Crippen molar-refractivity contribution in [2.75, 3.05) is 13.7 Å². The summed E-state index contributed by atoms with van der Waals surface area (Å²) in [5.74, 6) is 0.142. The van der Waals surface area contributed by atoms with Crippen LogP contribution in [0.3, 0.4) is 0 Å². The van der Waals surface area contributed by atoms with Crippen LogP contribution >= 0.6 is 0 Å². The van der Waals surface area contributed by atoms with Crippen LogP contribution in [-0.2, 0) is 4.79 Å². The van der Waals surface area contributed by atoms with Gasteiger partial charge in [0.1, 0.15) is 5.78 Å². The van der Waals surface area contributed by atoms with Crippen molar-refractivity contribution in [1.29, 1.82) is 0 Å². The van der Waals surface area contributed by atoms with Gasteiger partial charge >= 0.3 is 0 Å². The van der Waals surface area contributed by atoms with Crippen molar-refractivity contribution in [1.82, 2.24) is 4.90 Å². The number of nitrogens with zero attached hydrogens (tertiary/aromatic N) is 1. The second-order valence-electron chi connectivity index (χ2n) is 6.29. The Morgan fingerprint density at radius 3 is 2.19 bits per heavy atom. The molecule has 0 aliphatic carbocycles. The number of benzene rings is 2. The van der Waals surface area contributed by atoms with Gasteiger partial charge in [-0.15, -0.1) is 0 Å². The number of amides is 2. The Hall–Kier alpha value is -3.15. The number of rotatable bonds is 7. The van der Waals surface area contributed by atoms with Crippen molar-refractivity contribution in [3.63, 3.8) is 0 Å². The molecule has 0 aromatic heterocycles. The van der Waals surface area contributed by atoms with E-state index in [-0.39, 0.29) is 12.2 Å². The maximum absolute atomic E-state index is 12.9. The number of ketones is 1. The molecule has 0 radical (unpaired) electrons. The van der Waals surface area contributed by atoms with Crippen LogP contribution < -0.4 is 9.47 Å². The van der Waals surface area contributed by atoms with E-state index in [9.17, 15) is 14.4 Å². The molecule has 0 saturated carbocycles. The van der Waals surface area contributed by atoms with Crippen LogP contribution in [0.1, 0.15) is 52.6 Å². The van der Waals surface area contributed by atoms with E-state index in [0.717, 1.165) is 0 Å². The summed E-state index contributed by atoms with van der Waals surface area (Å²) in [5, 5.41) is 0. The number of fused-ring (bicyclic) bond motifs is 1. The van der Waals surface area contributed by atoms with Gasteiger partial charge < -0.3 is 9.47 Å². The van der Waals surface area contributed by atoms with Crippen molar-refractivity contribution in [2.24, 2.45) is 0 Å². The van der Waals surface area contributed by atoms with Crippen LogP contribution in [0.4, 0.5) is 0 Å². The van der Waals surface area contributed by atoms with Crippen molar-refractivity contribution < 1.29 is 23.9 Å². The Morgan fingerprint density at radius 2 is 1.67 bits per heavy atom. The zero-order valence-electron chi connectivity index (χ0n) is 15.5. The van der Waals surface area contributed by atoms with E-state index in [2.05, 4.69) is 0 Å². The summed E-state index contributed by atoms with van der Waals surface area (Å²) in [6, 6.07) is 11.2. The highest BCUT2D eigenvalue weighted by Gasteiger charge is 2.40. The predicted molar refractivity (Wildman–Crippen MR) is 99.1 cm³/mol. The number of carbonyl (C=O) groups is 3. The van der Waals surface area contributed by atoms with E-state index in [1.165, 1.54) is 18.9 Å². The minimum Gasteiger partial charge on any atom is -0.493 e. The molecule has 1 aliphatic rings. The fourth-order valence-electron chi connectivity index (χ4n) is 3.29. The van der Waals surface area contributed by atoms with E-state index < -0.39 is 17.9 Å². The first-order valence-electron chi connectivity index (χ1n) is 8.75. The molecule has 27 heavy (non-hydrogen) atoms. The van der Waals surface area contributed by atoms with Gasteiger partial charge in [-0.2, -0.15) is 0 Å². The lowest BCUT2D eigenvalue weighted by Gasteiger charge is -2.26. The average Bonchev–Trinajstić information content (AvgIpc) is 2.91. The summed E-state index contributed by atoms with van der Waals surface area (Å²) in [4.78, 5) is 38.8.